The molecule has 0 bridgehead atoms. The lowest BCUT2D eigenvalue weighted by atomic mass is 10.3. The number of nitrogens with zero attached hydrogens (tertiary/aromatic N) is 3. The van der Waals surface area contributed by atoms with Crippen molar-refractivity contribution in [1.29, 1.82) is 0 Å². The van der Waals surface area contributed by atoms with E-state index < -0.39 is 4.92 Å². The minimum Gasteiger partial charge on any atom is -0.410 e. The van der Waals surface area contributed by atoms with E-state index in [-0.39, 0.29) is 33.3 Å². The Balaban J connectivity index is 1.58. The summed E-state index contributed by atoms with van der Waals surface area (Å²) in [5, 5.41) is 23.3. The van der Waals surface area contributed by atoms with Gasteiger partial charge >= 0.3 is 0 Å². The number of benzene rings is 1. The first-order chi connectivity index (χ1) is 12.0. The van der Waals surface area contributed by atoms with Gasteiger partial charge in [0.1, 0.15) is 5.02 Å². The molecule has 0 aliphatic heterocycles. The molecule has 0 unspecified atom stereocenters. The Morgan fingerprint density at radius 2 is 2.24 bits per heavy atom. The summed E-state index contributed by atoms with van der Waals surface area (Å²) < 4.78 is 5.46. The molecule has 3 aromatic rings. The van der Waals surface area contributed by atoms with Crippen LogP contribution in [-0.4, -0.2) is 26.8 Å². The highest BCUT2D eigenvalue weighted by Gasteiger charge is 2.15. The van der Waals surface area contributed by atoms with Gasteiger partial charge in [-0.25, -0.2) is 0 Å². The summed E-state index contributed by atoms with van der Waals surface area (Å²) in [6.45, 7) is 0. The predicted octanol–water partition coefficient (Wildman–Crippen LogP) is 4.09. The Labute approximate surface area is 154 Å². The molecule has 2 heterocycles. The topological polar surface area (TPSA) is 111 Å². The van der Waals surface area contributed by atoms with E-state index in [1.165, 1.54) is 29.5 Å². The molecule has 0 saturated carbocycles. The molecule has 0 radical (unpaired) electrons. The molecule has 3 rings (SSSR count). The van der Waals surface area contributed by atoms with Crippen molar-refractivity contribution < 1.29 is 14.1 Å². The van der Waals surface area contributed by atoms with E-state index in [2.05, 4.69) is 15.5 Å². The number of anilines is 1. The number of hydrogen-bond acceptors (Lipinski definition) is 8. The van der Waals surface area contributed by atoms with E-state index in [4.69, 9.17) is 16.0 Å². The van der Waals surface area contributed by atoms with Crippen molar-refractivity contribution in [1.82, 2.24) is 10.2 Å². The predicted molar refractivity (Wildman–Crippen MR) is 95.1 cm³/mol. The van der Waals surface area contributed by atoms with E-state index in [1.54, 1.807) is 0 Å². The molecule has 1 amide bonds. The van der Waals surface area contributed by atoms with Gasteiger partial charge in [-0.15, -0.1) is 21.5 Å². The van der Waals surface area contributed by atoms with Crippen LogP contribution >= 0.6 is 34.7 Å². The van der Waals surface area contributed by atoms with Crippen molar-refractivity contribution in [3.63, 3.8) is 0 Å². The first kappa shape index (κ1) is 17.4. The standard InChI is InChI=1S/C14H9ClN4O4S2/c15-9-4-3-8(6-10(9)19(21)22)16-12(20)7-25-14-18-17-13(23-14)11-2-1-5-24-11/h1-6H,7H2,(H,16,20). The van der Waals surface area contributed by atoms with Gasteiger partial charge in [-0.2, -0.15) is 0 Å². The minimum atomic E-state index is -0.614. The van der Waals surface area contributed by atoms with Gasteiger partial charge in [0, 0.05) is 11.8 Å². The van der Waals surface area contributed by atoms with Gasteiger partial charge in [-0.05, 0) is 23.6 Å². The van der Waals surface area contributed by atoms with Crippen molar-refractivity contribution >= 4 is 52.0 Å². The van der Waals surface area contributed by atoms with Crippen LogP contribution in [0.15, 0.2) is 45.4 Å². The number of nitrogens with one attached hydrogen (secondary N) is 1. The zero-order valence-corrected chi connectivity index (χ0v) is 14.7. The van der Waals surface area contributed by atoms with Crippen LogP contribution in [0.1, 0.15) is 0 Å². The van der Waals surface area contributed by atoms with Crippen LogP contribution in [-0.2, 0) is 4.79 Å². The number of carbonyl (C=O) groups is 1. The number of halogens is 1. The zero-order valence-electron chi connectivity index (χ0n) is 12.3. The highest BCUT2D eigenvalue weighted by molar-refractivity contribution is 7.99. The van der Waals surface area contributed by atoms with Crippen molar-refractivity contribution in [3.05, 3.63) is 50.8 Å². The van der Waals surface area contributed by atoms with Crippen LogP contribution in [0.2, 0.25) is 5.02 Å². The molecule has 1 aromatic carbocycles. The monoisotopic (exact) mass is 396 g/mol. The summed E-state index contributed by atoms with van der Waals surface area (Å²) in [7, 11) is 0. The molecular weight excluding hydrogens is 388 g/mol. The number of thioether (sulfide) groups is 1. The smallest absolute Gasteiger partial charge is 0.289 e. The van der Waals surface area contributed by atoms with Crippen LogP contribution < -0.4 is 5.32 Å². The van der Waals surface area contributed by atoms with Gasteiger partial charge in [0.25, 0.3) is 16.8 Å². The summed E-state index contributed by atoms with van der Waals surface area (Å²) in [5.41, 5.74) is 0.0103. The summed E-state index contributed by atoms with van der Waals surface area (Å²) in [6.07, 6.45) is 0. The number of thiophene rings is 1. The molecule has 0 atom stereocenters. The second-order valence-electron chi connectivity index (χ2n) is 4.61. The highest BCUT2D eigenvalue weighted by atomic mass is 35.5. The lowest BCUT2D eigenvalue weighted by Crippen LogP contribution is -2.14. The van der Waals surface area contributed by atoms with Crippen LogP contribution in [0.3, 0.4) is 0 Å². The Hall–Kier alpha value is -2.43. The number of rotatable bonds is 6. The third-order valence-corrected chi connectivity index (χ3v) is 4.89. The number of carbonyl (C=O) groups excluding carboxylic acids is 1. The summed E-state index contributed by atoms with van der Waals surface area (Å²) in [6, 6.07) is 7.77. The van der Waals surface area contributed by atoms with E-state index in [9.17, 15) is 14.9 Å². The Bertz CT molecular complexity index is 913. The fourth-order valence-corrected chi connectivity index (χ4v) is 3.22. The van der Waals surface area contributed by atoms with E-state index in [0.717, 1.165) is 16.6 Å². The Morgan fingerprint density at radius 3 is 2.96 bits per heavy atom. The van der Waals surface area contributed by atoms with Gasteiger partial charge in [0.05, 0.1) is 15.6 Å². The maximum absolute atomic E-state index is 12.0. The second-order valence-corrected chi connectivity index (χ2v) is 6.89. The molecule has 0 aliphatic carbocycles. The minimum absolute atomic E-state index is 0.00402. The molecule has 8 nitrogen and oxygen atoms in total. The zero-order chi connectivity index (χ0) is 17.8. The molecule has 0 spiro atoms. The van der Waals surface area contributed by atoms with Crippen LogP contribution in [0.5, 0.6) is 0 Å². The molecule has 0 fully saturated rings. The summed E-state index contributed by atoms with van der Waals surface area (Å²) in [4.78, 5) is 23.0. The van der Waals surface area contributed by atoms with Crippen molar-refractivity contribution in [2.24, 2.45) is 0 Å². The van der Waals surface area contributed by atoms with Gasteiger partial charge in [-0.1, -0.05) is 29.4 Å². The fraction of sp³-hybridized carbons (Fsp3) is 0.0714. The van der Waals surface area contributed by atoms with Crippen LogP contribution in [0.25, 0.3) is 10.8 Å². The summed E-state index contributed by atoms with van der Waals surface area (Å²) >= 11 is 8.27. The third-order valence-electron chi connectivity index (χ3n) is 2.89. The second kappa shape index (κ2) is 7.64. The van der Waals surface area contributed by atoms with Crippen molar-refractivity contribution in [3.8, 4) is 10.8 Å². The average molecular weight is 397 g/mol. The lowest BCUT2D eigenvalue weighted by Gasteiger charge is -2.04. The highest BCUT2D eigenvalue weighted by Crippen LogP contribution is 2.28. The third kappa shape index (κ3) is 4.35. The Kier molecular flexibility index (Phi) is 5.31. The maximum Gasteiger partial charge on any atom is 0.289 e. The van der Waals surface area contributed by atoms with Crippen molar-refractivity contribution in [2.75, 3.05) is 11.1 Å². The quantitative estimate of drug-likeness (QED) is 0.379. The molecule has 11 heteroatoms. The number of hydrogen-bond donors (Lipinski definition) is 1. The van der Waals surface area contributed by atoms with Crippen LogP contribution in [0.4, 0.5) is 11.4 Å². The lowest BCUT2D eigenvalue weighted by molar-refractivity contribution is -0.384. The maximum atomic E-state index is 12.0. The van der Waals surface area contributed by atoms with E-state index in [1.807, 2.05) is 17.5 Å². The molecule has 2 aromatic heterocycles. The summed E-state index contributed by atoms with van der Waals surface area (Å²) in [5.74, 6) is 0.0476. The average Bonchev–Trinajstić information content (AvgIpc) is 3.25. The SMILES string of the molecule is O=C(CSc1nnc(-c2cccs2)o1)Nc1ccc(Cl)c([N+](=O)[O-])c1. The van der Waals surface area contributed by atoms with Gasteiger partial charge < -0.3 is 9.73 Å². The Morgan fingerprint density at radius 1 is 1.40 bits per heavy atom. The number of nitro benzene ring substituents is 1. The molecule has 0 saturated heterocycles. The number of amides is 1. The van der Waals surface area contributed by atoms with Gasteiger partial charge in [-0.3, -0.25) is 14.9 Å². The van der Waals surface area contributed by atoms with Crippen molar-refractivity contribution in [2.45, 2.75) is 5.22 Å². The van der Waals surface area contributed by atoms with Crippen LogP contribution in [0, 0.1) is 10.1 Å². The van der Waals surface area contributed by atoms with Gasteiger partial charge in [0.2, 0.25) is 5.91 Å². The van der Waals surface area contributed by atoms with Gasteiger partial charge in [0.15, 0.2) is 0 Å². The van der Waals surface area contributed by atoms with E-state index >= 15 is 0 Å². The number of nitro groups is 1. The molecule has 25 heavy (non-hydrogen) atoms. The first-order valence-corrected chi connectivity index (χ1v) is 9.01. The molecular formula is C14H9ClN4O4S2. The van der Waals surface area contributed by atoms with E-state index in [0.29, 0.717) is 5.89 Å². The first-order valence-electron chi connectivity index (χ1n) is 6.77. The normalized spacial score (nSPS) is 10.6. The molecule has 0 aliphatic rings. The molecule has 1 N–H and O–H groups in total. The molecule has 128 valence electrons. The largest absolute Gasteiger partial charge is 0.410 e. The number of aromatic nitrogens is 2. The fourth-order valence-electron chi connectivity index (χ4n) is 1.82.